The molecule has 0 saturated carbocycles. The number of likely N-dealkylation sites (N-methyl/N-ethyl adjacent to an activating group) is 1. The Morgan fingerprint density at radius 3 is 2.40 bits per heavy atom. The van der Waals surface area contributed by atoms with Crippen LogP contribution in [0.1, 0.15) is 19.8 Å². The molecule has 8 heteroatoms. The molecule has 0 aliphatic carbocycles. The second-order valence-electron chi connectivity index (χ2n) is 5.67. The van der Waals surface area contributed by atoms with Crippen molar-refractivity contribution < 1.29 is 32.8 Å². The molecule has 0 bridgehead atoms. The van der Waals surface area contributed by atoms with E-state index in [1.54, 1.807) is 0 Å². The minimum Gasteiger partial charge on any atom is -0.756 e. The third-order valence-electron chi connectivity index (χ3n) is 2.39. The fourth-order valence-electron chi connectivity index (χ4n) is 1.15. The summed E-state index contributed by atoms with van der Waals surface area (Å²) in [4.78, 5) is 11.4. The van der Waals surface area contributed by atoms with Gasteiger partial charge in [-0.15, -0.1) is 0 Å². The van der Waals surface area contributed by atoms with E-state index in [1.165, 1.54) is 0 Å². The second-order valence-corrected chi connectivity index (χ2v) is 7.08. The molecule has 0 aromatic heterocycles. The molecule has 0 amide bonds. The molecule has 0 rings (SSSR count). The molecule has 7 nitrogen and oxygen atoms in total. The van der Waals surface area contributed by atoms with Crippen molar-refractivity contribution in [2.75, 3.05) is 54.1 Å². The maximum Gasteiger partial charge on any atom is 0.268 e. The summed E-state index contributed by atoms with van der Waals surface area (Å²) >= 11 is 0. The van der Waals surface area contributed by atoms with Crippen molar-refractivity contribution in [1.82, 2.24) is 0 Å². The zero-order valence-corrected chi connectivity index (χ0v) is 13.8. The Bertz CT molecular complexity index is 294. The van der Waals surface area contributed by atoms with Crippen LogP contribution in [0, 0.1) is 0 Å². The fourth-order valence-corrected chi connectivity index (χ4v) is 1.89. The van der Waals surface area contributed by atoms with Crippen LogP contribution in [0.4, 0.5) is 0 Å². The molecule has 1 N–H and O–H groups in total. The summed E-state index contributed by atoms with van der Waals surface area (Å²) in [6.07, 6.45) is 0.931. The number of phosphoric acid groups is 1. The van der Waals surface area contributed by atoms with Crippen LogP contribution in [-0.2, 0) is 18.3 Å². The van der Waals surface area contributed by atoms with Crippen molar-refractivity contribution in [3.05, 3.63) is 0 Å². The van der Waals surface area contributed by atoms with E-state index in [-0.39, 0.29) is 19.8 Å². The Morgan fingerprint density at radius 1 is 1.20 bits per heavy atom. The largest absolute Gasteiger partial charge is 0.756 e. The molecule has 0 heterocycles. The third kappa shape index (κ3) is 13.0. The zero-order chi connectivity index (χ0) is 15.6. The predicted molar refractivity (Wildman–Crippen MR) is 74.1 cm³/mol. The summed E-state index contributed by atoms with van der Waals surface area (Å²) in [5.74, 6) is 0. The third-order valence-corrected chi connectivity index (χ3v) is 3.35. The lowest BCUT2D eigenvalue weighted by atomic mass is 10.3. The highest BCUT2D eigenvalue weighted by Crippen LogP contribution is 2.38. The van der Waals surface area contributed by atoms with E-state index in [2.05, 4.69) is 4.52 Å². The molecule has 20 heavy (non-hydrogen) atoms. The van der Waals surface area contributed by atoms with Gasteiger partial charge in [0.1, 0.15) is 19.3 Å². The topological polar surface area (TPSA) is 88.0 Å². The molecule has 0 radical (unpaired) electrons. The lowest BCUT2D eigenvalue weighted by Crippen LogP contribution is -2.37. The predicted octanol–water partition coefficient (Wildman–Crippen LogP) is 0.372. The normalized spacial score (nSPS) is 16.9. The molecule has 2 atom stereocenters. The van der Waals surface area contributed by atoms with Crippen molar-refractivity contribution in [3.63, 3.8) is 0 Å². The average molecular weight is 313 g/mol. The standard InChI is InChI=1S/C12H28NO6P/c1-5-6-8-17-10-12(14)11-19-20(15,16)18-9-7-13(2,3)4/h12,14H,5-11H2,1-4H3. The number of aliphatic hydroxyl groups is 1. The average Bonchev–Trinajstić information content (AvgIpc) is 2.30. The van der Waals surface area contributed by atoms with Gasteiger partial charge in [0.25, 0.3) is 7.82 Å². The van der Waals surface area contributed by atoms with Gasteiger partial charge in [-0.3, -0.25) is 4.57 Å². The van der Waals surface area contributed by atoms with Gasteiger partial charge in [-0.1, -0.05) is 13.3 Å². The molecule has 122 valence electrons. The van der Waals surface area contributed by atoms with Crippen LogP contribution in [0.25, 0.3) is 0 Å². The number of nitrogens with zero attached hydrogens (tertiary/aromatic N) is 1. The molecular weight excluding hydrogens is 285 g/mol. The fraction of sp³-hybridized carbons (Fsp3) is 1.00. The first-order valence-corrected chi connectivity index (χ1v) is 8.29. The van der Waals surface area contributed by atoms with Crippen LogP contribution >= 0.6 is 7.82 Å². The van der Waals surface area contributed by atoms with Crippen LogP contribution in [0.2, 0.25) is 0 Å². The SMILES string of the molecule is CCCCOCC(O)COP(=O)([O-])OCC[N+](C)(C)C. The van der Waals surface area contributed by atoms with Gasteiger partial charge in [-0.2, -0.15) is 0 Å². The smallest absolute Gasteiger partial charge is 0.268 e. The van der Waals surface area contributed by atoms with Crippen LogP contribution < -0.4 is 4.89 Å². The van der Waals surface area contributed by atoms with Gasteiger partial charge in [0.15, 0.2) is 0 Å². The van der Waals surface area contributed by atoms with Gasteiger partial charge >= 0.3 is 0 Å². The van der Waals surface area contributed by atoms with Crippen molar-refractivity contribution in [1.29, 1.82) is 0 Å². The minimum atomic E-state index is -4.35. The first-order chi connectivity index (χ1) is 9.16. The molecule has 0 aromatic rings. The lowest BCUT2D eigenvalue weighted by molar-refractivity contribution is -0.870. The molecule has 0 spiro atoms. The number of hydrogen-bond donors (Lipinski definition) is 1. The van der Waals surface area contributed by atoms with E-state index in [0.717, 1.165) is 12.8 Å². The van der Waals surface area contributed by atoms with Crippen LogP contribution in [0.3, 0.4) is 0 Å². The lowest BCUT2D eigenvalue weighted by Gasteiger charge is -2.27. The molecule has 0 aliphatic heterocycles. The van der Waals surface area contributed by atoms with Crippen molar-refractivity contribution >= 4 is 7.82 Å². The summed E-state index contributed by atoms with van der Waals surface area (Å²) in [6, 6.07) is 0. The van der Waals surface area contributed by atoms with Gasteiger partial charge in [-0.05, 0) is 6.42 Å². The minimum absolute atomic E-state index is 0.0490. The number of quaternary nitrogens is 1. The Morgan fingerprint density at radius 2 is 1.85 bits per heavy atom. The Kier molecular flexibility index (Phi) is 9.84. The molecule has 2 unspecified atom stereocenters. The Balaban J connectivity index is 3.77. The van der Waals surface area contributed by atoms with Crippen LogP contribution in [0.15, 0.2) is 0 Å². The van der Waals surface area contributed by atoms with Gasteiger partial charge < -0.3 is 28.3 Å². The highest BCUT2D eigenvalue weighted by Gasteiger charge is 2.15. The maximum absolute atomic E-state index is 11.4. The van der Waals surface area contributed by atoms with Crippen molar-refractivity contribution in [2.45, 2.75) is 25.9 Å². The van der Waals surface area contributed by atoms with Gasteiger partial charge in [0.05, 0.1) is 34.4 Å². The number of phosphoric ester groups is 1. The summed E-state index contributed by atoms with van der Waals surface area (Å²) in [7, 11) is 1.43. The van der Waals surface area contributed by atoms with E-state index < -0.39 is 13.9 Å². The first-order valence-electron chi connectivity index (χ1n) is 6.82. The quantitative estimate of drug-likeness (QED) is 0.318. The Hall–Kier alpha value is -0.0100. The summed E-state index contributed by atoms with van der Waals surface area (Å²) in [6.45, 7) is 2.87. The highest BCUT2D eigenvalue weighted by atomic mass is 31.2. The van der Waals surface area contributed by atoms with Crippen LogP contribution in [0.5, 0.6) is 0 Å². The Labute approximate surface area is 121 Å². The first kappa shape index (κ1) is 20.0. The van der Waals surface area contributed by atoms with Gasteiger partial charge in [-0.25, -0.2) is 0 Å². The van der Waals surface area contributed by atoms with Gasteiger partial charge in [0.2, 0.25) is 0 Å². The molecule has 0 aromatic carbocycles. The molecule has 0 fully saturated rings. The molecular formula is C12H28NO6P. The summed E-state index contributed by atoms with van der Waals surface area (Å²) < 4.78 is 26.5. The zero-order valence-electron chi connectivity index (χ0n) is 12.9. The number of hydrogen-bond acceptors (Lipinski definition) is 6. The summed E-state index contributed by atoms with van der Waals surface area (Å²) in [5.41, 5.74) is 0. The number of unbranched alkanes of at least 4 members (excludes halogenated alkanes) is 1. The van der Waals surface area contributed by atoms with Crippen molar-refractivity contribution in [2.24, 2.45) is 0 Å². The second kappa shape index (κ2) is 9.84. The highest BCUT2D eigenvalue weighted by molar-refractivity contribution is 7.45. The van der Waals surface area contributed by atoms with E-state index in [0.29, 0.717) is 17.6 Å². The van der Waals surface area contributed by atoms with E-state index >= 15 is 0 Å². The number of ether oxygens (including phenoxy) is 1. The van der Waals surface area contributed by atoms with E-state index in [4.69, 9.17) is 9.26 Å². The molecule has 0 aliphatic rings. The van der Waals surface area contributed by atoms with Crippen molar-refractivity contribution in [3.8, 4) is 0 Å². The summed E-state index contributed by atoms with van der Waals surface area (Å²) in [5, 5.41) is 9.50. The van der Waals surface area contributed by atoms with Gasteiger partial charge in [0, 0.05) is 6.61 Å². The number of rotatable bonds is 12. The maximum atomic E-state index is 11.4. The molecule has 0 saturated heterocycles. The monoisotopic (exact) mass is 313 g/mol. The van der Waals surface area contributed by atoms with E-state index in [1.807, 2.05) is 28.1 Å². The van der Waals surface area contributed by atoms with Crippen LogP contribution in [-0.4, -0.2) is 69.8 Å². The number of aliphatic hydroxyl groups excluding tert-OH is 1. The van der Waals surface area contributed by atoms with E-state index in [9.17, 15) is 14.6 Å².